The quantitative estimate of drug-likeness (QED) is 0.817. The van der Waals surface area contributed by atoms with E-state index in [1.54, 1.807) is 0 Å². The van der Waals surface area contributed by atoms with Crippen LogP contribution in [0.4, 0.5) is 4.79 Å². The predicted octanol–water partition coefficient (Wildman–Crippen LogP) is 3.40. The van der Waals surface area contributed by atoms with Crippen LogP contribution in [-0.4, -0.2) is 30.1 Å². The minimum atomic E-state index is 0.188. The Morgan fingerprint density at radius 1 is 1.33 bits per heavy atom. The SMILES string of the molecule is CCCCC1CCCC1NC(=O)N1CCC(C)C1. The molecule has 0 aromatic rings. The van der Waals surface area contributed by atoms with Gasteiger partial charge in [0.1, 0.15) is 0 Å². The summed E-state index contributed by atoms with van der Waals surface area (Å²) in [4.78, 5) is 14.2. The summed E-state index contributed by atoms with van der Waals surface area (Å²) >= 11 is 0. The van der Waals surface area contributed by atoms with Crippen LogP contribution in [0, 0.1) is 11.8 Å². The van der Waals surface area contributed by atoms with Gasteiger partial charge in [-0.05, 0) is 37.5 Å². The van der Waals surface area contributed by atoms with E-state index in [1.165, 1.54) is 38.5 Å². The van der Waals surface area contributed by atoms with Crippen LogP contribution in [-0.2, 0) is 0 Å². The molecule has 1 heterocycles. The molecule has 0 spiro atoms. The van der Waals surface area contributed by atoms with Crippen molar-refractivity contribution in [2.45, 2.75) is 64.8 Å². The first-order chi connectivity index (χ1) is 8.70. The molecular weight excluding hydrogens is 224 g/mol. The highest BCUT2D eigenvalue weighted by Crippen LogP contribution is 2.30. The molecule has 0 radical (unpaired) electrons. The van der Waals surface area contributed by atoms with Gasteiger partial charge in [-0.2, -0.15) is 0 Å². The van der Waals surface area contributed by atoms with E-state index in [-0.39, 0.29) is 6.03 Å². The van der Waals surface area contributed by atoms with E-state index >= 15 is 0 Å². The van der Waals surface area contributed by atoms with Crippen LogP contribution in [0.5, 0.6) is 0 Å². The summed E-state index contributed by atoms with van der Waals surface area (Å²) in [5, 5.41) is 3.29. The lowest BCUT2D eigenvalue weighted by atomic mass is 9.97. The number of hydrogen-bond acceptors (Lipinski definition) is 1. The predicted molar refractivity (Wildman–Crippen MR) is 74.5 cm³/mol. The van der Waals surface area contributed by atoms with Crippen molar-refractivity contribution in [1.82, 2.24) is 10.2 Å². The number of carbonyl (C=O) groups is 1. The largest absolute Gasteiger partial charge is 0.335 e. The Labute approximate surface area is 111 Å². The van der Waals surface area contributed by atoms with Crippen molar-refractivity contribution in [2.24, 2.45) is 11.8 Å². The van der Waals surface area contributed by atoms with Gasteiger partial charge in [-0.3, -0.25) is 0 Å². The van der Waals surface area contributed by atoms with Crippen LogP contribution in [0.25, 0.3) is 0 Å². The average Bonchev–Trinajstić information content (AvgIpc) is 2.96. The van der Waals surface area contributed by atoms with Crippen LogP contribution >= 0.6 is 0 Å². The van der Waals surface area contributed by atoms with Gasteiger partial charge in [0, 0.05) is 19.1 Å². The van der Waals surface area contributed by atoms with Crippen molar-refractivity contribution in [3.63, 3.8) is 0 Å². The van der Waals surface area contributed by atoms with Gasteiger partial charge in [0.05, 0.1) is 0 Å². The van der Waals surface area contributed by atoms with Crippen LogP contribution in [0.1, 0.15) is 58.8 Å². The Kier molecular flexibility index (Phi) is 4.90. The molecule has 3 nitrogen and oxygen atoms in total. The second-order valence-corrected chi connectivity index (χ2v) is 6.23. The molecule has 1 saturated heterocycles. The third kappa shape index (κ3) is 3.39. The number of urea groups is 1. The molecule has 3 atom stereocenters. The van der Waals surface area contributed by atoms with Crippen LogP contribution in [0.3, 0.4) is 0 Å². The van der Waals surface area contributed by atoms with Gasteiger partial charge in [0.15, 0.2) is 0 Å². The van der Waals surface area contributed by atoms with Crippen molar-refractivity contribution in [3.8, 4) is 0 Å². The zero-order chi connectivity index (χ0) is 13.0. The Morgan fingerprint density at radius 2 is 2.17 bits per heavy atom. The van der Waals surface area contributed by atoms with Crippen LogP contribution in [0.2, 0.25) is 0 Å². The van der Waals surface area contributed by atoms with E-state index in [0.29, 0.717) is 12.0 Å². The van der Waals surface area contributed by atoms with Gasteiger partial charge in [-0.1, -0.05) is 33.1 Å². The highest BCUT2D eigenvalue weighted by molar-refractivity contribution is 5.74. The van der Waals surface area contributed by atoms with Gasteiger partial charge in [0.2, 0.25) is 0 Å². The summed E-state index contributed by atoms with van der Waals surface area (Å²) in [6.07, 6.45) is 8.80. The Hall–Kier alpha value is -0.730. The van der Waals surface area contributed by atoms with Crippen LogP contribution in [0.15, 0.2) is 0 Å². The molecule has 1 saturated carbocycles. The van der Waals surface area contributed by atoms with Crippen molar-refractivity contribution in [1.29, 1.82) is 0 Å². The zero-order valence-corrected chi connectivity index (χ0v) is 12.0. The van der Waals surface area contributed by atoms with Gasteiger partial charge < -0.3 is 10.2 Å². The highest BCUT2D eigenvalue weighted by Gasteiger charge is 2.30. The van der Waals surface area contributed by atoms with Crippen LogP contribution < -0.4 is 5.32 Å². The summed E-state index contributed by atoms with van der Waals surface area (Å²) in [5.74, 6) is 1.41. The number of rotatable bonds is 4. The summed E-state index contributed by atoms with van der Waals surface area (Å²) in [5.41, 5.74) is 0. The Balaban J connectivity index is 1.79. The van der Waals surface area contributed by atoms with Gasteiger partial charge >= 0.3 is 6.03 Å². The summed E-state index contributed by atoms with van der Waals surface area (Å²) in [7, 11) is 0. The number of nitrogens with zero attached hydrogens (tertiary/aromatic N) is 1. The third-order valence-electron chi connectivity index (χ3n) is 4.61. The first-order valence-corrected chi connectivity index (χ1v) is 7.76. The van der Waals surface area contributed by atoms with E-state index in [2.05, 4.69) is 19.2 Å². The third-order valence-corrected chi connectivity index (χ3v) is 4.61. The summed E-state index contributed by atoms with van der Waals surface area (Å²) in [6.45, 7) is 6.36. The lowest BCUT2D eigenvalue weighted by Gasteiger charge is -2.24. The molecule has 0 bridgehead atoms. The first kappa shape index (κ1) is 13.7. The number of amides is 2. The molecule has 3 heteroatoms. The van der Waals surface area contributed by atoms with E-state index < -0.39 is 0 Å². The van der Waals surface area contributed by atoms with Crippen molar-refractivity contribution < 1.29 is 4.79 Å². The standard InChI is InChI=1S/C15H28N2O/c1-3-4-6-13-7-5-8-14(13)16-15(18)17-10-9-12(2)11-17/h12-14H,3-11H2,1-2H3,(H,16,18). The maximum absolute atomic E-state index is 12.2. The lowest BCUT2D eigenvalue weighted by molar-refractivity contribution is 0.199. The molecular formula is C15H28N2O. The van der Waals surface area contributed by atoms with Crippen molar-refractivity contribution >= 4 is 6.03 Å². The highest BCUT2D eigenvalue weighted by atomic mass is 16.2. The maximum Gasteiger partial charge on any atom is 0.317 e. The molecule has 0 aromatic heterocycles. The average molecular weight is 252 g/mol. The van der Waals surface area contributed by atoms with E-state index in [4.69, 9.17) is 0 Å². The fourth-order valence-corrected chi connectivity index (χ4v) is 3.41. The molecule has 2 fully saturated rings. The zero-order valence-electron chi connectivity index (χ0n) is 12.0. The second-order valence-electron chi connectivity index (χ2n) is 6.23. The van der Waals surface area contributed by atoms with E-state index in [1.807, 2.05) is 4.90 Å². The number of hydrogen-bond donors (Lipinski definition) is 1. The molecule has 0 aromatic carbocycles. The van der Waals surface area contributed by atoms with E-state index in [9.17, 15) is 4.79 Å². The van der Waals surface area contributed by atoms with Crippen molar-refractivity contribution in [2.75, 3.05) is 13.1 Å². The van der Waals surface area contributed by atoms with E-state index in [0.717, 1.165) is 25.4 Å². The summed E-state index contributed by atoms with van der Waals surface area (Å²) < 4.78 is 0. The van der Waals surface area contributed by atoms with Crippen molar-refractivity contribution in [3.05, 3.63) is 0 Å². The number of unbranched alkanes of at least 4 members (excludes halogenated alkanes) is 1. The number of carbonyl (C=O) groups excluding carboxylic acids is 1. The Morgan fingerprint density at radius 3 is 2.83 bits per heavy atom. The fraction of sp³-hybridized carbons (Fsp3) is 0.933. The molecule has 104 valence electrons. The maximum atomic E-state index is 12.2. The number of nitrogens with one attached hydrogen (secondary N) is 1. The topological polar surface area (TPSA) is 32.3 Å². The molecule has 1 aliphatic carbocycles. The fourth-order valence-electron chi connectivity index (χ4n) is 3.41. The monoisotopic (exact) mass is 252 g/mol. The normalized spacial score (nSPS) is 31.9. The van der Waals surface area contributed by atoms with Gasteiger partial charge in [0.25, 0.3) is 0 Å². The molecule has 2 rings (SSSR count). The summed E-state index contributed by atoms with van der Waals surface area (Å²) in [6, 6.07) is 0.632. The van der Waals surface area contributed by atoms with Gasteiger partial charge in [-0.15, -0.1) is 0 Å². The minimum Gasteiger partial charge on any atom is -0.335 e. The lowest BCUT2D eigenvalue weighted by Crippen LogP contribution is -2.45. The number of likely N-dealkylation sites (tertiary alicyclic amines) is 1. The molecule has 2 aliphatic rings. The molecule has 3 unspecified atom stereocenters. The molecule has 2 amide bonds. The smallest absolute Gasteiger partial charge is 0.317 e. The Bertz CT molecular complexity index is 280. The van der Waals surface area contributed by atoms with Gasteiger partial charge in [-0.25, -0.2) is 4.79 Å². The molecule has 1 aliphatic heterocycles. The first-order valence-electron chi connectivity index (χ1n) is 7.76. The molecule has 1 N–H and O–H groups in total. The second kappa shape index (κ2) is 6.44. The minimum absolute atomic E-state index is 0.188. The molecule has 18 heavy (non-hydrogen) atoms.